The number of rotatable bonds is 6. The van der Waals surface area contributed by atoms with Gasteiger partial charge in [-0.05, 0) is 30.0 Å². The molecule has 0 heterocycles. The number of nitrogens with two attached hydrogens (primary N) is 1. The molecule has 0 aliphatic heterocycles. The van der Waals surface area contributed by atoms with E-state index in [2.05, 4.69) is 24.2 Å². The molecule has 0 bridgehead atoms. The van der Waals surface area contributed by atoms with Crippen molar-refractivity contribution in [3.63, 3.8) is 0 Å². The van der Waals surface area contributed by atoms with Crippen LogP contribution in [0, 0.1) is 11.7 Å². The first kappa shape index (κ1) is 18.9. The molecule has 3 N–H and O–H groups in total. The number of ether oxygens (including phenoxy) is 1. The van der Waals surface area contributed by atoms with Crippen molar-refractivity contribution in [1.82, 2.24) is 5.32 Å². The van der Waals surface area contributed by atoms with E-state index >= 15 is 0 Å². The first-order valence-corrected chi connectivity index (χ1v) is 6.39. The molecule has 0 saturated carbocycles. The Labute approximate surface area is 137 Å². The van der Waals surface area contributed by atoms with E-state index in [0.29, 0.717) is 25.0 Å². The minimum atomic E-state index is -0.350. The van der Waals surface area contributed by atoms with Crippen LogP contribution in [0.4, 0.5) is 4.39 Å². The van der Waals surface area contributed by atoms with Crippen LogP contribution in [0.25, 0.3) is 0 Å². The fourth-order valence-corrected chi connectivity index (χ4v) is 1.53. The Kier molecular flexibility index (Phi) is 9.28. The number of nitrogens with zero attached hydrogens (tertiary/aromatic N) is 1. The second-order valence-corrected chi connectivity index (χ2v) is 4.77. The molecule has 0 saturated heterocycles. The lowest BCUT2D eigenvalue weighted by Crippen LogP contribution is -2.33. The van der Waals surface area contributed by atoms with Crippen LogP contribution in [-0.2, 0) is 6.42 Å². The minimum absolute atomic E-state index is 0. The van der Waals surface area contributed by atoms with Crippen LogP contribution < -0.4 is 15.8 Å². The van der Waals surface area contributed by atoms with Gasteiger partial charge in [0, 0.05) is 13.1 Å². The SMILES string of the molecule is COc1cc(CCNC(N)=NCC(C)C)ccc1F.I. The molecule has 114 valence electrons. The Hall–Kier alpha value is -1.05. The molecule has 0 amide bonds. The van der Waals surface area contributed by atoms with E-state index in [4.69, 9.17) is 10.5 Å². The molecule has 0 radical (unpaired) electrons. The summed E-state index contributed by atoms with van der Waals surface area (Å²) in [5.41, 5.74) is 6.71. The van der Waals surface area contributed by atoms with Crippen molar-refractivity contribution in [3.05, 3.63) is 29.6 Å². The maximum atomic E-state index is 13.2. The van der Waals surface area contributed by atoms with Crippen molar-refractivity contribution in [3.8, 4) is 5.75 Å². The second-order valence-electron chi connectivity index (χ2n) is 4.77. The number of hydrogen-bond acceptors (Lipinski definition) is 2. The molecule has 0 fully saturated rings. The Bertz CT molecular complexity index is 438. The van der Waals surface area contributed by atoms with E-state index in [1.54, 1.807) is 12.1 Å². The molecule has 0 unspecified atom stereocenters. The number of methoxy groups -OCH3 is 1. The van der Waals surface area contributed by atoms with Crippen molar-refractivity contribution < 1.29 is 9.13 Å². The topological polar surface area (TPSA) is 59.6 Å². The summed E-state index contributed by atoms with van der Waals surface area (Å²) in [5, 5.41) is 3.03. The van der Waals surface area contributed by atoms with Crippen molar-refractivity contribution in [2.24, 2.45) is 16.6 Å². The van der Waals surface area contributed by atoms with Crippen LogP contribution in [0.2, 0.25) is 0 Å². The maximum absolute atomic E-state index is 13.2. The highest BCUT2D eigenvalue weighted by molar-refractivity contribution is 14.0. The molecule has 0 aliphatic rings. The van der Waals surface area contributed by atoms with Crippen LogP contribution in [0.3, 0.4) is 0 Å². The van der Waals surface area contributed by atoms with Crippen LogP contribution in [0.1, 0.15) is 19.4 Å². The smallest absolute Gasteiger partial charge is 0.188 e. The van der Waals surface area contributed by atoms with Gasteiger partial charge in [-0.15, -0.1) is 24.0 Å². The molecule has 0 aliphatic carbocycles. The number of nitrogens with one attached hydrogen (secondary N) is 1. The molecule has 0 atom stereocenters. The van der Waals surface area contributed by atoms with Gasteiger partial charge in [0.15, 0.2) is 17.5 Å². The van der Waals surface area contributed by atoms with E-state index in [9.17, 15) is 4.39 Å². The molecule has 20 heavy (non-hydrogen) atoms. The third kappa shape index (κ3) is 6.93. The lowest BCUT2D eigenvalue weighted by Gasteiger charge is -2.08. The Balaban J connectivity index is 0.00000361. The number of guanidine groups is 1. The summed E-state index contributed by atoms with van der Waals surface area (Å²) in [7, 11) is 1.46. The third-order valence-corrected chi connectivity index (χ3v) is 2.56. The minimum Gasteiger partial charge on any atom is -0.494 e. The van der Waals surface area contributed by atoms with E-state index in [1.165, 1.54) is 13.2 Å². The van der Waals surface area contributed by atoms with Crippen molar-refractivity contribution in [2.75, 3.05) is 20.2 Å². The van der Waals surface area contributed by atoms with Gasteiger partial charge in [0.25, 0.3) is 0 Å². The van der Waals surface area contributed by atoms with E-state index in [1.807, 2.05) is 0 Å². The number of hydrogen-bond donors (Lipinski definition) is 2. The molecule has 1 aromatic rings. The van der Waals surface area contributed by atoms with Crippen molar-refractivity contribution in [1.29, 1.82) is 0 Å². The fourth-order valence-electron chi connectivity index (χ4n) is 1.53. The van der Waals surface area contributed by atoms with Gasteiger partial charge in [0.05, 0.1) is 7.11 Å². The molecule has 0 spiro atoms. The largest absolute Gasteiger partial charge is 0.494 e. The number of aliphatic imine (C=N–C) groups is 1. The first-order chi connectivity index (χ1) is 9.02. The zero-order chi connectivity index (χ0) is 14.3. The van der Waals surface area contributed by atoms with Gasteiger partial charge in [-0.3, -0.25) is 4.99 Å². The fraction of sp³-hybridized carbons (Fsp3) is 0.500. The summed E-state index contributed by atoms with van der Waals surface area (Å²) in [5.74, 6) is 0.848. The predicted octanol–water partition coefficient (Wildman–Crippen LogP) is 2.56. The molecular formula is C14H23FIN3O. The Morgan fingerprint density at radius 2 is 2.15 bits per heavy atom. The van der Waals surface area contributed by atoms with E-state index in [-0.39, 0.29) is 35.5 Å². The van der Waals surface area contributed by atoms with Gasteiger partial charge in [-0.1, -0.05) is 19.9 Å². The normalized spacial score (nSPS) is 11.2. The molecule has 0 aromatic heterocycles. The van der Waals surface area contributed by atoms with Gasteiger partial charge >= 0.3 is 0 Å². The number of benzene rings is 1. The van der Waals surface area contributed by atoms with Gasteiger partial charge in [0.1, 0.15) is 0 Å². The van der Waals surface area contributed by atoms with Crippen LogP contribution in [0.15, 0.2) is 23.2 Å². The molecule has 1 aromatic carbocycles. The van der Waals surface area contributed by atoms with Crippen molar-refractivity contribution in [2.45, 2.75) is 20.3 Å². The highest BCUT2D eigenvalue weighted by atomic mass is 127. The summed E-state index contributed by atoms with van der Waals surface area (Å²) in [6, 6.07) is 4.84. The first-order valence-electron chi connectivity index (χ1n) is 6.39. The quantitative estimate of drug-likeness (QED) is 0.442. The standard InChI is InChI=1S/C14H22FN3O.HI/c1-10(2)9-18-14(16)17-7-6-11-4-5-12(15)13(8-11)19-3;/h4-5,8,10H,6-7,9H2,1-3H3,(H3,16,17,18);1H. The predicted molar refractivity (Wildman–Crippen MR) is 91.4 cm³/mol. The highest BCUT2D eigenvalue weighted by Crippen LogP contribution is 2.18. The van der Waals surface area contributed by atoms with Crippen molar-refractivity contribution >= 4 is 29.9 Å². The Morgan fingerprint density at radius 3 is 2.75 bits per heavy atom. The van der Waals surface area contributed by atoms with Gasteiger partial charge in [-0.2, -0.15) is 0 Å². The maximum Gasteiger partial charge on any atom is 0.188 e. The lowest BCUT2D eigenvalue weighted by molar-refractivity contribution is 0.386. The zero-order valence-corrected chi connectivity index (χ0v) is 14.5. The van der Waals surface area contributed by atoms with Crippen LogP contribution in [-0.4, -0.2) is 26.2 Å². The summed E-state index contributed by atoms with van der Waals surface area (Å²) in [6.07, 6.45) is 0.731. The van der Waals surface area contributed by atoms with Crippen LogP contribution >= 0.6 is 24.0 Å². The van der Waals surface area contributed by atoms with E-state index < -0.39 is 0 Å². The molecular weight excluding hydrogens is 372 g/mol. The van der Waals surface area contributed by atoms with Crippen LogP contribution in [0.5, 0.6) is 5.75 Å². The lowest BCUT2D eigenvalue weighted by atomic mass is 10.1. The summed E-state index contributed by atoms with van der Waals surface area (Å²) in [4.78, 5) is 4.20. The summed E-state index contributed by atoms with van der Waals surface area (Å²) < 4.78 is 18.2. The number of halogens is 2. The monoisotopic (exact) mass is 395 g/mol. The van der Waals surface area contributed by atoms with Gasteiger partial charge < -0.3 is 15.8 Å². The third-order valence-electron chi connectivity index (χ3n) is 2.56. The molecule has 4 nitrogen and oxygen atoms in total. The second kappa shape index (κ2) is 9.79. The van der Waals surface area contributed by atoms with E-state index in [0.717, 1.165) is 12.0 Å². The summed E-state index contributed by atoms with van der Waals surface area (Å²) in [6.45, 7) is 5.54. The molecule has 1 rings (SSSR count). The Morgan fingerprint density at radius 1 is 1.45 bits per heavy atom. The molecule has 6 heteroatoms. The highest BCUT2D eigenvalue weighted by Gasteiger charge is 2.03. The zero-order valence-electron chi connectivity index (χ0n) is 12.1. The summed E-state index contributed by atoms with van der Waals surface area (Å²) >= 11 is 0. The average molecular weight is 395 g/mol. The van der Waals surface area contributed by atoms with Gasteiger partial charge in [-0.25, -0.2) is 4.39 Å². The average Bonchev–Trinajstić information content (AvgIpc) is 2.38. The van der Waals surface area contributed by atoms with Gasteiger partial charge in [0.2, 0.25) is 0 Å².